The number of rotatable bonds is 10. The van der Waals surface area contributed by atoms with Crippen LogP contribution in [0.2, 0.25) is 5.02 Å². The van der Waals surface area contributed by atoms with Crippen LogP contribution in [0.15, 0.2) is 66.7 Å². The van der Waals surface area contributed by atoms with Crippen LogP contribution in [0.5, 0.6) is 0 Å². The molecule has 2 N–H and O–H groups in total. The molecule has 0 aromatic heterocycles. The van der Waals surface area contributed by atoms with E-state index in [2.05, 4.69) is 48.6 Å². The minimum absolute atomic E-state index is 0.174. The van der Waals surface area contributed by atoms with Crippen LogP contribution in [0.25, 0.3) is 11.1 Å². The number of nitrogens with one attached hydrogen (secondary N) is 1. The average molecular weight is 470 g/mol. The molecule has 0 saturated carbocycles. The van der Waals surface area contributed by atoms with Crippen molar-refractivity contribution in [3.63, 3.8) is 0 Å². The van der Waals surface area contributed by atoms with E-state index in [1.807, 2.05) is 32.9 Å². The van der Waals surface area contributed by atoms with Gasteiger partial charge >= 0.3 is 0 Å². The van der Waals surface area contributed by atoms with Gasteiger partial charge in [0.1, 0.15) is 5.82 Å². The molecule has 33 heavy (non-hydrogen) atoms. The van der Waals surface area contributed by atoms with Gasteiger partial charge in [-0.3, -0.25) is 0 Å². The number of ether oxygens (including phenoxy) is 1. The molecule has 3 rings (SSSR count). The Labute approximate surface area is 201 Å². The minimum Gasteiger partial charge on any atom is -0.389 e. The average Bonchev–Trinajstić information content (AvgIpc) is 2.78. The SMILES string of the molecule is Cc1cccc(-c2ccccc2C(C)OC[C@H](O)CNC(C)(C)Cc2ccc(Cl)cc2F)c1. The lowest BCUT2D eigenvalue weighted by atomic mass is 9.94. The molecule has 0 aliphatic heterocycles. The number of aryl methyl sites for hydroxylation is 1. The molecule has 2 atom stereocenters. The Kier molecular flexibility index (Phi) is 8.66. The fraction of sp³-hybridized carbons (Fsp3) is 0.357. The molecule has 3 aromatic carbocycles. The molecule has 0 fully saturated rings. The van der Waals surface area contributed by atoms with Gasteiger partial charge in [0.15, 0.2) is 0 Å². The van der Waals surface area contributed by atoms with Gasteiger partial charge in [-0.25, -0.2) is 4.39 Å². The van der Waals surface area contributed by atoms with Gasteiger partial charge in [0.05, 0.1) is 18.8 Å². The summed E-state index contributed by atoms with van der Waals surface area (Å²) in [6.07, 6.45) is -0.385. The fourth-order valence-electron chi connectivity index (χ4n) is 3.93. The van der Waals surface area contributed by atoms with Crippen LogP contribution in [-0.2, 0) is 11.2 Å². The molecule has 0 aliphatic carbocycles. The number of hydrogen-bond acceptors (Lipinski definition) is 3. The zero-order valence-electron chi connectivity index (χ0n) is 19.7. The van der Waals surface area contributed by atoms with Crippen LogP contribution in [0.4, 0.5) is 4.39 Å². The molecule has 0 aliphatic rings. The van der Waals surface area contributed by atoms with E-state index in [-0.39, 0.29) is 18.5 Å². The standard InChI is InChI=1S/C28H33ClFNO2/c1-19-8-7-9-21(14-19)26-11-6-5-10-25(26)20(2)33-18-24(32)17-31-28(3,4)16-22-12-13-23(29)15-27(22)30/h5-15,20,24,31-32H,16-18H2,1-4H3/t20?,24-/m1/s1. The maximum Gasteiger partial charge on any atom is 0.127 e. The van der Waals surface area contributed by atoms with E-state index >= 15 is 0 Å². The second-order valence-corrected chi connectivity index (χ2v) is 9.70. The Morgan fingerprint density at radius 2 is 1.82 bits per heavy atom. The normalized spacial score (nSPS) is 13.7. The molecule has 3 aromatic rings. The summed E-state index contributed by atoms with van der Waals surface area (Å²) in [5, 5.41) is 14.2. The van der Waals surface area contributed by atoms with E-state index in [0.717, 1.165) is 16.7 Å². The van der Waals surface area contributed by atoms with Crippen molar-refractivity contribution in [3.8, 4) is 11.1 Å². The molecule has 0 bridgehead atoms. The van der Waals surface area contributed by atoms with Gasteiger partial charge in [-0.1, -0.05) is 71.8 Å². The number of benzene rings is 3. The zero-order chi connectivity index (χ0) is 24.0. The highest BCUT2D eigenvalue weighted by atomic mass is 35.5. The van der Waals surface area contributed by atoms with E-state index in [4.69, 9.17) is 16.3 Å². The van der Waals surface area contributed by atoms with E-state index in [9.17, 15) is 9.50 Å². The fourth-order valence-corrected chi connectivity index (χ4v) is 4.09. The third kappa shape index (κ3) is 7.38. The van der Waals surface area contributed by atoms with Crippen molar-refractivity contribution in [3.05, 3.63) is 94.3 Å². The molecule has 176 valence electrons. The predicted molar refractivity (Wildman–Crippen MR) is 134 cm³/mol. The highest BCUT2D eigenvalue weighted by molar-refractivity contribution is 6.30. The smallest absolute Gasteiger partial charge is 0.127 e. The molecule has 0 amide bonds. The highest BCUT2D eigenvalue weighted by Crippen LogP contribution is 2.30. The Morgan fingerprint density at radius 3 is 2.55 bits per heavy atom. The third-order valence-electron chi connectivity index (χ3n) is 5.73. The zero-order valence-corrected chi connectivity index (χ0v) is 20.5. The largest absolute Gasteiger partial charge is 0.389 e. The number of aliphatic hydroxyl groups is 1. The van der Waals surface area contributed by atoms with E-state index < -0.39 is 11.6 Å². The maximum absolute atomic E-state index is 14.1. The molecule has 1 unspecified atom stereocenters. The van der Waals surface area contributed by atoms with Crippen molar-refractivity contribution >= 4 is 11.6 Å². The molecule has 0 saturated heterocycles. The maximum atomic E-state index is 14.1. The number of hydrogen-bond donors (Lipinski definition) is 2. The summed E-state index contributed by atoms with van der Waals surface area (Å²) < 4.78 is 20.2. The first kappa shape index (κ1) is 25.4. The summed E-state index contributed by atoms with van der Waals surface area (Å²) in [6, 6.07) is 21.3. The summed E-state index contributed by atoms with van der Waals surface area (Å²) in [4.78, 5) is 0. The first-order chi connectivity index (χ1) is 15.6. The van der Waals surface area contributed by atoms with Gasteiger partial charge in [-0.05, 0) is 68.5 Å². The number of β-amino-alcohol motifs (C(OH)–C–C–N with tert-alkyl or cyclic N) is 1. The second kappa shape index (κ2) is 11.3. The van der Waals surface area contributed by atoms with Gasteiger partial charge in [-0.15, -0.1) is 0 Å². The number of aliphatic hydroxyl groups excluding tert-OH is 1. The minimum atomic E-state index is -0.687. The number of halogens is 2. The summed E-state index contributed by atoms with van der Waals surface area (Å²) in [5.74, 6) is -0.317. The Bertz CT molecular complexity index is 1070. The van der Waals surface area contributed by atoms with E-state index in [1.165, 1.54) is 11.6 Å². The van der Waals surface area contributed by atoms with Crippen LogP contribution in [0.1, 0.15) is 43.6 Å². The molecule has 0 heterocycles. The van der Waals surface area contributed by atoms with Crippen molar-refractivity contribution in [2.45, 2.75) is 51.9 Å². The lowest BCUT2D eigenvalue weighted by Crippen LogP contribution is -2.46. The van der Waals surface area contributed by atoms with Crippen molar-refractivity contribution in [2.24, 2.45) is 0 Å². The molecule has 0 spiro atoms. The Balaban J connectivity index is 1.55. The second-order valence-electron chi connectivity index (χ2n) is 9.26. The Morgan fingerprint density at radius 1 is 1.06 bits per heavy atom. The van der Waals surface area contributed by atoms with Crippen molar-refractivity contribution in [1.29, 1.82) is 0 Å². The molecule has 0 radical (unpaired) electrons. The first-order valence-electron chi connectivity index (χ1n) is 11.3. The van der Waals surface area contributed by atoms with E-state index in [0.29, 0.717) is 23.6 Å². The van der Waals surface area contributed by atoms with Gasteiger partial charge in [0.25, 0.3) is 0 Å². The molecule has 3 nitrogen and oxygen atoms in total. The van der Waals surface area contributed by atoms with Gasteiger partial charge in [0.2, 0.25) is 0 Å². The quantitative estimate of drug-likeness (QED) is 0.356. The van der Waals surface area contributed by atoms with Crippen molar-refractivity contribution < 1.29 is 14.2 Å². The lowest BCUT2D eigenvalue weighted by Gasteiger charge is -2.28. The highest BCUT2D eigenvalue weighted by Gasteiger charge is 2.22. The van der Waals surface area contributed by atoms with Crippen LogP contribution in [0.3, 0.4) is 0 Å². The topological polar surface area (TPSA) is 41.5 Å². The summed E-state index contributed by atoms with van der Waals surface area (Å²) >= 11 is 5.84. The van der Waals surface area contributed by atoms with E-state index in [1.54, 1.807) is 12.1 Å². The summed E-state index contributed by atoms with van der Waals surface area (Å²) in [6.45, 7) is 8.58. The van der Waals surface area contributed by atoms with Crippen molar-refractivity contribution in [1.82, 2.24) is 5.32 Å². The monoisotopic (exact) mass is 469 g/mol. The van der Waals surface area contributed by atoms with Crippen LogP contribution in [-0.4, -0.2) is 29.9 Å². The van der Waals surface area contributed by atoms with Crippen molar-refractivity contribution in [2.75, 3.05) is 13.2 Å². The summed E-state index contributed by atoms with van der Waals surface area (Å²) in [7, 11) is 0. The Hall–Kier alpha value is -2.24. The first-order valence-corrected chi connectivity index (χ1v) is 11.7. The molecule has 5 heteroatoms. The molecular weight excluding hydrogens is 437 g/mol. The van der Waals surface area contributed by atoms with Crippen LogP contribution >= 0.6 is 11.6 Å². The van der Waals surface area contributed by atoms with Crippen LogP contribution in [0, 0.1) is 12.7 Å². The lowest BCUT2D eigenvalue weighted by molar-refractivity contribution is -0.00398. The van der Waals surface area contributed by atoms with Crippen LogP contribution < -0.4 is 5.32 Å². The predicted octanol–water partition coefficient (Wildman–Crippen LogP) is 6.50. The third-order valence-corrected chi connectivity index (χ3v) is 5.97. The summed E-state index contributed by atoms with van der Waals surface area (Å²) in [5.41, 5.74) is 4.76. The van der Waals surface area contributed by atoms with Gasteiger partial charge in [0, 0.05) is 17.1 Å². The van der Waals surface area contributed by atoms with Gasteiger partial charge in [-0.2, -0.15) is 0 Å². The van der Waals surface area contributed by atoms with Gasteiger partial charge < -0.3 is 15.2 Å². The molecular formula is C28H33ClFNO2.